The molecule has 2 amide bonds. The van der Waals surface area contributed by atoms with Gasteiger partial charge in [0, 0.05) is 50.0 Å². The highest BCUT2D eigenvalue weighted by atomic mass is 35.5. The zero-order valence-electron chi connectivity index (χ0n) is 18.4. The molecule has 0 bridgehead atoms. The van der Waals surface area contributed by atoms with E-state index in [1.807, 2.05) is 47.4 Å². The molecule has 7 heteroatoms. The summed E-state index contributed by atoms with van der Waals surface area (Å²) in [7, 11) is 0. The van der Waals surface area contributed by atoms with Crippen molar-refractivity contribution in [3.63, 3.8) is 0 Å². The van der Waals surface area contributed by atoms with Gasteiger partial charge in [0.15, 0.2) is 0 Å². The van der Waals surface area contributed by atoms with Gasteiger partial charge in [-0.15, -0.1) is 0 Å². The van der Waals surface area contributed by atoms with Gasteiger partial charge in [0.25, 0.3) is 0 Å². The van der Waals surface area contributed by atoms with Crippen molar-refractivity contribution in [1.29, 1.82) is 0 Å². The Hall–Kier alpha value is -2.57. The van der Waals surface area contributed by atoms with E-state index in [9.17, 15) is 9.59 Å². The lowest BCUT2D eigenvalue weighted by atomic mass is 9.96. The van der Waals surface area contributed by atoms with Crippen molar-refractivity contribution in [3.8, 4) is 0 Å². The molecule has 0 radical (unpaired) electrons. The highest BCUT2D eigenvalue weighted by Gasteiger charge is 2.27. The lowest BCUT2D eigenvalue weighted by Gasteiger charge is -2.36. The number of halogens is 1. The number of anilines is 1. The van der Waals surface area contributed by atoms with Gasteiger partial charge in [0.2, 0.25) is 11.8 Å². The lowest BCUT2D eigenvalue weighted by molar-refractivity contribution is -0.134. The highest BCUT2D eigenvalue weighted by molar-refractivity contribution is 6.30. The molecule has 2 aromatic rings. The van der Waals surface area contributed by atoms with E-state index in [1.165, 1.54) is 5.56 Å². The van der Waals surface area contributed by atoms with Gasteiger partial charge in [-0.05, 0) is 43.1 Å². The van der Waals surface area contributed by atoms with E-state index in [0.717, 1.165) is 51.3 Å². The topological polar surface area (TPSA) is 55.9 Å². The van der Waals surface area contributed by atoms with Crippen molar-refractivity contribution in [2.45, 2.75) is 19.4 Å². The number of nitrogens with one attached hydrogen (secondary N) is 1. The molecule has 1 N–H and O–H groups in total. The number of rotatable bonds is 6. The van der Waals surface area contributed by atoms with Crippen molar-refractivity contribution in [2.75, 3.05) is 50.7 Å². The fourth-order valence-electron chi connectivity index (χ4n) is 4.56. The maximum absolute atomic E-state index is 12.7. The molecule has 0 saturated carbocycles. The summed E-state index contributed by atoms with van der Waals surface area (Å²) in [5.74, 6) is -0.0744. The molecule has 2 aliphatic heterocycles. The van der Waals surface area contributed by atoms with Gasteiger partial charge in [-0.3, -0.25) is 14.5 Å². The van der Waals surface area contributed by atoms with Crippen LogP contribution in [0.5, 0.6) is 0 Å². The summed E-state index contributed by atoms with van der Waals surface area (Å²) in [6.07, 6.45) is 1.88. The SMILES string of the molecule is O=C(NCC(=O)N1CCN(c2cccc(Cl)c2)CC1)C1CCCN(Cc2ccccc2)C1. The Morgan fingerprint density at radius 3 is 2.50 bits per heavy atom. The van der Waals surface area contributed by atoms with E-state index in [4.69, 9.17) is 11.6 Å². The minimum atomic E-state index is -0.0556. The number of amides is 2. The van der Waals surface area contributed by atoms with Gasteiger partial charge < -0.3 is 15.1 Å². The number of nitrogens with zero attached hydrogens (tertiary/aromatic N) is 3. The van der Waals surface area contributed by atoms with Crippen LogP contribution in [0.1, 0.15) is 18.4 Å². The van der Waals surface area contributed by atoms with Crippen LogP contribution in [-0.4, -0.2) is 67.4 Å². The average molecular weight is 455 g/mol. The summed E-state index contributed by atoms with van der Waals surface area (Å²) in [6.45, 7) is 5.51. The van der Waals surface area contributed by atoms with Crippen molar-refractivity contribution in [1.82, 2.24) is 15.1 Å². The summed E-state index contributed by atoms with van der Waals surface area (Å²) in [6, 6.07) is 18.1. The minimum absolute atomic E-state index is 0.00586. The molecule has 0 aromatic heterocycles. The first kappa shape index (κ1) is 22.6. The van der Waals surface area contributed by atoms with Crippen LogP contribution in [0.25, 0.3) is 0 Å². The molecule has 2 heterocycles. The Morgan fingerprint density at radius 1 is 0.969 bits per heavy atom. The van der Waals surface area contributed by atoms with Crippen molar-refractivity contribution in [2.24, 2.45) is 5.92 Å². The summed E-state index contributed by atoms with van der Waals surface area (Å²) in [5, 5.41) is 3.61. The molecule has 0 spiro atoms. The average Bonchev–Trinajstić information content (AvgIpc) is 2.83. The van der Waals surface area contributed by atoms with Crippen LogP contribution >= 0.6 is 11.6 Å². The Kier molecular flexibility index (Phi) is 7.66. The van der Waals surface area contributed by atoms with Crippen molar-refractivity contribution < 1.29 is 9.59 Å². The van der Waals surface area contributed by atoms with Gasteiger partial charge in [-0.1, -0.05) is 48.0 Å². The molecule has 2 aromatic carbocycles. The van der Waals surface area contributed by atoms with E-state index < -0.39 is 0 Å². The summed E-state index contributed by atoms with van der Waals surface area (Å²) in [4.78, 5) is 31.8. The van der Waals surface area contributed by atoms with E-state index in [2.05, 4.69) is 27.2 Å². The second-order valence-electron chi connectivity index (χ2n) is 8.63. The molecule has 2 fully saturated rings. The first-order valence-electron chi connectivity index (χ1n) is 11.4. The van der Waals surface area contributed by atoms with E-state index >= 15 is 0 Å². The molecular formula is C25H31ClN4O2. The Morgan fingerprint density at radius 2 is 1.75 bits per heavy atom. The molecule has 2 saturated heterocycles. The van der Waals surface area contributed by atoms with Crippen LogP contribution in [0.2, 0.25) is 5.02 Å². The lowest BCUT2D eigenvalue weighted by Crippen LogP contribution is -2.52. The minimum Gasteiger partial charge on any atom is -0.368 e. The predicted octanol–water partition coefficient (Wildman–Crippen LogP) is 3.02. The van der Waals surface area contributed by atoms with Gasteiger partial charge in [-0.2, -0.15) is 0 Å². The number of carbonyl (C=O) groups excluding carboxylic acids is 2. The third-order valence-electron chi connectivity index (χ3n) is 6.34. The maximum Gasteiger partial charge on any atom is 0.242 e. The van der Waals surface area contributed by atoms with Crippen LogP contribution in [-0.2, 0) is 16.1 Å². The van der Waals surface area contributed by atoms with Crippen LogP contribution in [0.4, 0.5) is 5.69 Å². The number of piperazine rings is 1. The van der Waals surface area contributed by atoms with Crippen LogP contribution in [0.15, 0.2) is 54.6 Å². The summed E-state index contributed by atoms with van der Waals surface area (Å²) < 4.78 is 0. The number of piperidine rings is 1. The first-order valence-corrected chi connectivity index (χ1v) is 11.8. The molecule has 6 nitrogen and oxygen atoms in total. The number of likely N-dealkylation sites (tertiary alicyclic amines) is 1. The third-order valence-corrected chi connectivity index (χ3v) is 6.58. The standard InChI is InChI=1S/C25H31ClN4O2/c26-22-9-4-10-23(16-22)29-12-14-30(15-13-29)24(31)17-27-25(32)21-8-5-11-28(19-21)18-20-6-2-1-3-7-20/h1-4,6-7,9-10,16,21H,5,8,11-15,17-19H2,(H,27,32). The fraction of sp³-hybridized carbons (Fsp3) is 0.440. The number of benzene rings is 2. The van der Waals surface area contributed by atoms with Gasteiger partial charge in [-0.25, -0.2) is 0 Å². The zero-order chi connectivity index (χ0) is 22.3. The maximum atomic E-state index is 12.7. The van der Waals surface area contributed by atoms with Gasteiger partial charge in [0.05, 0.1) is 12.5 Å². The molecule has 170 valence electrons. The van der Waals surface area contributed by atoms with Crippen LogP contribution < -0.4 is 10.2 Å². The molecule has 32 heavy (non-hydrogen) atoms. The molecule has 1 unspecified atom stereocenters. The molecule has 1 atom stereocenters. The molecule has 0 aliphatic carbocycles. The van der Waals surface area contributed by atoms with Crippen molar-refractivity contribution >= 4 is 29.1 Å². The Labute approximate surface area is 195 Å². The number of hydrogen-bond donors (Lipinski definition) is 1. The predicted molar refractivity (Wildman–Crippen MR) is 128 cm³/mol. The quantitative estimate of drug-likeness (QED) is 0.729. The fourth-order valence-corrected chi connectivity index (χ4v) is 4.75. The van der Waals surface area contributed by atoms with Crippen LogP contribution in [0, 0.1) is 5.92 Å². The Bertz CT molecular complexity index is 915. The Balaban J connectivity index is 1.20. The normalized spacial score (nSPS) is 19.6. The van der Waals surface area contributed by atoms with Crippen molar-refractivity contribution in [3.05, 3.63) is 65.2 Å². The second-order valence-corrected chi connectivity index (χ2v) is 9.06. The number of hydrogen-bond acceptors (Lipinski definition) is 4. The van der Waals surface area contributed by atoms with Crippen LogP contribution in [0.3, 0.4) is 0 Å². The first-order chi connectivity index (χ1) is 15.6. The van der Waals surface area contributed by atoms with Gasteiger partial charge >= 0.3 is 0 Å². The monoisotopic (exact) mass is 454 g/mol. The van der Waals surface area contributed by atoms with E-state index in [-0.39, 0.29) is 24.3 Å². The largest absolute Gasteiger partial charge is 0.368 e. The smallest absolute Gasteiger partial charge is 0.242 e. The molecule has 2 aliphatic rings. The highest BCUT2D eigenvalue weighted by Crippen LogP contribution is 2.21. The van der Waals surface area contributed by atoms with Gasteiger partial charge in [0.1, 0.15) is 0 Å². The van der Waals surface area contributed by atoms with E-state index in [0.29, 0.717) is 18.1 Å². The number of carbonyl (C=O) groups is 2. The molecule has 4 rings (SSSR count). The molecular weight excluding hydrogens is 424 g/mol. The summed E-state index contributed by atoms with van der Waals surface area (Å²) >= 11 is 6.09. The third kappa shape index (κ3) is 6.02. The zero-order valence-corrected chi connectivity index (χ0v) is 19.1. The van der Waals surface area contributed by atoms with E-state index in [1.54, 1.807) is 0 Å². The second kappa shape index (κ2) is 10.8. The summed E-state index contributed by atoms with van der Waals surface area (Å²) in [5.41, 5.74) is 2.34.